The van der Waals surface area contributed by atoms with Gasteiger partial charge in [0.05, 0.1) is 5.69 Å². The number of carbonyl (C=O) groups excluding carboxylic acids is 1. The van der Waals surface area contributed by atoms with Crippen LogP contribution < -0.4 is 10.6 Å². The van der Waals surface area contributed by atoms with E-state index in [1.807, 2.05) is 24.3 Å². The second kappa shape index (κ2) is 6.71. The zero-order valence-corrected chi connectivity index (χ0v) is 10.6. The van der Waals surface area contributed by atoms with Gasteiger partial charge in [-0.3, -0.25) is 15.4 Å². The van der Waals surface area contributed by atoms with Gasteiger partial charge in [-0.05, 0) is 24.3 Å². The van der Waals surface area contributed by atoms with Crippen LogP contribution in [0.25, 0.3) is 0 Å². The van der Waals surface area contributed by atoms with E-state index in [1.165, 1.54) is 0 Å². The predicted molar refractivity (Wildman–Crippen MR) is 76.2 cm³/mol. The lowest BCUT2D eigenvalue weighted by Gasteiger charge is -2.06. The number of guanidine groups is 1. The standard InChI is InChI=1S/C15H12N4O/c16-11-17-15(18-13-9-5-2-6-10-13)19-14(20)12-7-3-1-4-8-12/h1-10H,(H2,17,18,19,20). The Morgan fingerprint density at radius 1 is 1.00 bits per heavy atom. The Bertz CT molecular complexity index is 645. The van der Waals surface area contributed by atoms with E-state index in [2.05, 4.69) is 15.6 Å². The minimum absolute atomic E-state index is 0.0903. The van der Waals surface area contributed by atoms with E-state index >= 15 is 0 Å². The molecule has 2 N–H and O–H groups in total. The molecule has 0 fully saturated rings. The van der Waals surface area contributed by atoms with Crippen molar-refractivity contribution < 1.29 is 4.79 Å². The lowest BCUT2D eigenvalue weighted by molar-refractivity contribution is 0.0976. The maximum absolute atomic E-state index is 12.0. The van der Waals surface area contributed by atoms with Crippen LogP contribution in [0, 0.1) is 11.5 Å². The van der Waals surface area contributed by atoms with E-state index < -0.39 is 0 Å². The number of rotatable bonds is 2. The van der Waals surface area contributed by atoms with Gasteiger partial charge in [0.2, 0.25) is 5.96 Å². The van der Waals surface area contributed by atoms with E-state index in [0.717, 1.165) is 0 Å². The molecule has 2 rings (SSSR count). The molecular weight excluding hydrogens is 252 g/mol. The Kier molecular flexibility index (Phi) is 4.46. The third-order valence-electron chi connectivity index (χ3n) is 2.44. The van der Waals surface area contributed by atoms with Gasteiger partial charge in [0.15, 0.2) is 6.19 Å². The smallest absolute Gasteiger partial charge is 0.257 e. The van der Waals surface area contributed by atoms with Gasteiger partial charge in [-0.15, -0.1) is 0 Å². The number of hydrogen-bond acceptors (Lipinski definition) is 3. The molecule has 1 amide bonds. The monoisotopic (exact) mass is 264 g/mol. The Hall–Kier alpha value is -3.13. The van der Waals surface area contributed by atoms with Crippen molar-refractivity contribution in [2.45, 2.75) is 0 Å². The number of aliphatic imine (C=N–C) groups is 1. The van der Waals surface area contributed by atoms with Crippen molar-refractivity contribution in [3.05, 3.63) is 66.2 Å². The molecule has 0 atom stereocenters. The summed E-state index contributed by atoms with van der Waals surface area (Å²) in [5.41, 5.74) is 1.13. The van der Waals surface area contributed by atoms with E-state index in [1.54, 1.807) is 42.6 Å². The Labute approximate surface area is 116 Å². The Balaban J connectivity index is 2.17. The number of carbonyl (C=O) groups is 1. The van der Waals surface area contributed by atoms with E-state index in [9.17, 15) is 4.79 Å². The SMILES string of the molecule is N#CNC(=Nc1ccccc1)NC(=O)c1ccccc1. The van der Waals surface area contributed by atoms with Crippen LogP contribution in [-0.2, 0) is 0 Å². The van der Waals surface area contributed by atoms with Gasteiger partial charge in [-0.1, -0.05) is 36.4 Å². The van der Waals surface area contributed by atoms with Crippen LogP contribution in [0.4, 0.5) is 5.69 Å². The molecule has 0 unspecified atom stereocenters. The van der Waals surface area contributed by atoms with Gasteiger partial charge >= 0.3 is 0 Å². The molecule has 2 aromatic carbocycles. The fraction of sp³-hybridized carbons (Fsp3) is 0. The number of nitriles is 1. The van der Waals surface area contributed by atoms with Crippen molar-refractivity contribution in [2.75, 3.05) is 0 Å². The minimum atomic E-state index is -0.331. The topological polar surface area (TPSA) is 77.3 Å². The highest BCUT2D eigenvalue weighted by Gasteiger charge is 2.08. The van der Waals surface area contributed by atoms with Gasteiger partial charge in [0, 0.05) is 5.56 Å². The maximum Gasteiger partial charge on any atom is 0.257 e. The van der Waals surface area contributed by atoms with Gasteiger partial charge < -0.3 is 0 Å². The molecule has 2 aromatic rings. The molecule has 0 saturated heterocycles. The number of hydrogen-bond donors (Lipinski definition) is 2. The van der Waals surface area contributed by atoms with Crippen LogP contribution in [0.3, 0.4) is 0 Å². The van der Waals surface area contributed by atoms with Gasteiger partial charge in [0.1, 0.15) is 0 Å². The third kappa shape index (κ3) is 3.68. The van der Waals surface area contributed by atoms with Crippen molar-refractivity contribution in [3.8, 4) is 6.19 Å². The number of amides is 1. The lowest BCUT2D eigenvalue weighted by atomic mass is 10.2. The average Bonchev–Trinajstić information content (AvgIpc) is 2.49. The van der Waals surface area contributed by atoms with Crippen molar-refractivity contribution in [2.24, 2.45) is 4.99 Å². The summed E-state index contributed by atoms with van der Waals surface area (Å²) in [5.74, 6) is -0.240. The van der Waals surface area contributed by atoms with Crippen LogP contribution in [-0.4, -0.2) is 11.9 Å². The van der Waals surface area contributed by atoms with Crippen molar-refractivity contribution in [3.63, 3.8) is 0 Å². The van der Waals surface area contributed by atoms with Crippen molar-refractivity contribution in [1.82, 2.24) is 10.6 Å². The number of nitrogens with one attached hydrogen (secondary N) is 2. The summed E-state index contributed by atoms with van der Waals surface area (Å²) in [4.78, 5) is 16.1. The van der Waals surface area contributed by atoms with Crippen molar-refractivity contribution >= 4 is 17.6 Å². The maximum atomic E-state index is 12.0. The summed E-state index contributed by atoms with van der Waals surface area (Å²) < 4.78 is 0. The zero-order chi connectivity index (χ0) is 14.2. The highest BCUT2D eigenvalue weighted by atomic mass is 16.1. The molecule has 0 bridgehead atoms. The Morgan fingerprint density at radius 3 is 2.20 bits per heavy atom. The van der Waals surface area contributed by atoms with Gasteiger partial charge in [0.25, 0.3) is 5.91 Å². The molecular formula is C15H12N4O. The molecule has 0 aliphatic heterocycles. The molecule has 0 spiro atoms. The lowest BCUT2D eigenvalue weighted by Crippen LogP contribution is -2.38. The molecule has 0 aliphatic rings. The molecule has 0 heterocycles. The van der Waals surface area contributed by atoms with Gasteiger partial charge in [-0.2, -0.15) is 5.26 Å². The summed E-state index contributed by atoms with van der Waals surface area (Å²) in [6.07, 6.45) is 1.75. The van der Waals surface area contributed by atoms with Crippen molar-refractivity contribution in [1.29, 1.82) is 5.26 Å². The average molecular weight is 264 g/mol. The largest absolute Gasteiger partial charge is 0.291 e. The minimum Gasteiger partial charge on any atom is -0.291 e. The summed E-state index contributed by atoms with van der Waals surface area (Å²) in [7, 11) is 0. The summed E-state index contributed by atoms with van der Waals surface area (Å²) in [5, 5.41) is 13.6. The molecule has 98 valence electrons. The zero-order valence-electron chi connectivity index (χ0n) is 10.6. The van der Waals surface area contributed by atoms with Crippen LogP contribution in [0.2, 0.25) is 0 Å². The number of nitrogens with zero attached hydrogens (tertiary/aromatic N) is 2. The second-order valence-electron chi connectivity index (χ2n) is 3.85. The van der Waals surface area contributed by atoms with Crippen LogP contribution in [0.5, 0.6) is 0 Å². The molecule has 5 nitrogen and oxygen atoms in total. The Morgan fingerprint density at radius 2 is 1.60 bits per heavy atom. The second-order valence-corrected chi connectivity index (χ2v) is 3.85. The molecule has 0 aromatic heterocycles. The van der Waals surface area contributed by atoms with Crippen LogP contribution in [0.1, 0.15) is 10.4 Å². The van der Waals surface area contributed by atoms with E-state index in [-0.39, 0.29) is 11.9 Å². The molecule has 20 heavy (non-hydrogen) atoms. The highest BCUT2D eigenvalue weighted by Crippen LogP contribution is 2.09. The summed E-state index contributed by atoms with van der Waals surface area (Å²) >= 11 is 0. The summed E-state index contributed by atoms with van der Waals surface area (Å²) in [6, 6.07) is 17.8. The molecule has 5 heteroatoms. The van der Waals surface area contributed by atoms with Crippen LogP contribution >= 0.6 is 0 Å². The molecule has 0 saturated carbocycles. The fourth-order valence-electron chi connectivity index (χ4n) is 1.54. The number of benzene rings is 2. The first-order valence-corrected chi connectivity index (χ1v) is 5.95. The highest BCUT2D eigenvalue weighted by molar-refractivity contribution is 6.06. The quantitative estimate of drug-likeness (QED) is 0.378. The van der Waals surface area contributed by atoms with Gasteiger partial charge in [-0.25, -0.2) is 4.99 Å². The molecule has 0 aliphatic carbocycles. The van der Waals surface area contributed by atoms with E-state index in [4.69, 9.17) is 5.26 Å². The molecule has 0 radical (unpaired) electrons. The fourth-order valence-corrected chi connectivity index (χ4v) is 1.54. The third-order valence-corrected chi connectivity index (χ3v) is 2.44. The first-order valence-electron chi connectivity index (χ1n) is 5.95. The predicted octanol–water partition coefficient (Wildman–Crippen LogP) is 2.17. The van der Waals surface area contributed by atoms with E-state index in [0.29, 0.717) is 11.3 Å². The first-order chi connectivity index (χ1) is 9.79. The number of para-hydroxylation sites is 1. The van der Waals surface area contributed by atoms with Crippen LogP contribution in [0.15, 0.2) is 65.7 Å². The normalized spacial score (nSPS) is 10.4. The summed E-state index contributed by atoms with van der Waals surface area (Å²) in [6.45, 7) is 0. The first kappa shape index (κ1) is 13.3.